The Kier molecular flexibility index (Phi) is 8.41. The summed E-state index contributed by atoms with van der Waals surface area (Å²) in [5.74, 6) is 1.63. The molecule has 0 radical (unpaired) electrons. The highest BCUT2D eigenvalue weighted by molar-refractivity contribution is 6.73. The molecule has 0 aliphatic carbocycles. The molecule has 184 valence electrons. The van der Waals surface area contributed by atoms with Gasteiger partial charge in [-0.3, -0.25) is 0 Å². The molecule has 2 aliphatic heterocycles. The van der Waals surface area contributed by atoms with Crippen LogP contribution in [0.3, 0.4) is 0 Å². The fourth-order valence-corrected chi connectivity index (χ4v) is 4.39. The van der Waals surface area contributed by atoms with Crippen LogP contribution in [0.25, 0.3) is 5.47 Å². The number of rotatable bonds is 10. The number of hydrogen-bond donors (Lipinski definition) is 0. The Bertz CT molecular complexity index is 1110. The van der Waals surface area contributed by atoms with Gasteiger partial charge < -0.3 is 28.1 Å². The molecule has 2 unspecified atom stereocenters. The second-order valence-electron chi connectivity index (χ2n) is 8.75. The Morgan fingerprint density at radius 1 is 0.694 bits per heavy atom. The van der Waals surface area contributed by atoms with E-state index in [4.69, 9.17) is 28.1 Å². The van der Waals surface area contributed by atoms with Crippen molar-refractivity contribution in [1.29, 1.82) is 0 Å². The van der Waals surface area contributed by atoms with Gasteiger partial charge in [0.15, 0.2) is 0 Å². The third-order valence-corrected chi connectivity index (χ3v) is 6.19. The fourth-order valence-electron chi connectivity index (χ4n) is 4.39. The summed E-state index contributed by atoms with van der Waals surface area (Å²) >= 11 is 0. The van der Waals surface area contributed by atoms with Crippen molar-refractivity contribution in [3.8, 4) is 11.5 Å². The Hall–Kier alpha value is -3.03. The van der Waals surface area contributed by atoms with Crippen LogP contribution in [0.4, 0.5) is 0 Å². The Morgan fingerprint density at radius 2 is 1.17 bits per heavy atom. The van der Waals surface area contributed by atoms with Gasteiger partial charge >= 0.3 is 14.2 Å². The molecule has 36 heavy (non-hydrogen) atoms. The first-order chi connectivity index (χ1) is 17.8. The molecule has 5 rings (SSSR count). The van der Waals surface area contributed by atoms with E-state index >= 15 is 0 Å². The van der Waals surface area contributed by atoms with E-state index in [-0.39, 0.29) is 12.2 Å². The number of para-hydroxylation sites is 2. The molecule has 2 fully saturated rings. The molecule has 3 aromatic rings. The highest BCUT2D eigenvalue weighted by Crippen LogP contribution is 2.32. The molecule has 2 heterocycles. The molecule has 8 heteroatoms. The largest absolute Gasteiger partial charge is 0.494 e. The third-order valence-electron chi connectivity index (χ3n) is 6.19. The molecule has 6 nitrogen and oxygen atoms in total. The third kappa shape index (κ3) is 6.20. The van der Waals surface area contributed by atoms with Crippen LogP contribution in [-0.2, 0) is 18.6 Å². The van der Waals surface area contributed by atoms with Crippen LogP contribution in [0, 0.1) is 0 Å². The lowest BCUT2D eigenvalue weighted by Gasteiger charge is -2.19. The van der Waals surface area contributed by atoms with E-state index in [1.165, 1.54) is 0 Å². The molecule has 0 N–H and O–H groups in total. The number of benzene rings is 3. The van der Waals surface area contributed by atoms with Crippen molar-refractivity contribution in [2.45, 2.75) is 25.6 Å². The van der Waals surface area contributed by atoms with E-state index in [1.807, 2.05) is 78.9 Å². The van der Waals surface area contributed by atoms with Crippen molar-refractivity contribution in [2.75, 3.05) is 26.4 Å². The summed E-state index contributed by atoms with van der Waals surface area (Å²) in [4.78, 5) is 0. The lowest BCUT2D eigenvalue weighted by Crippen LogP contribution is -2.29. The Morgan fingerprint density at radius 3 is 1.69 bits per heavy atom. The van der Waals surface area contributed by atoms with Gasteiger partial charge in [-0.15, -0.1) is 0 Å². The maximum Gasteiger partial charge on any atom is 0.494 e. The normalized spacial score (nSPS) is 20.4. The smallest absolute Gasteiger partial charge is 0.491 e. The van der Waals surface area contributed by atoms with Crippen LogP contribution in [0.2, 0.25) is 0 Å². The molecular weight excluding hydrogens is 454 g/mol. The molecular formula is C28H30B2O6. The van der Waals surface area contributed by atoms with Gasteiger partial charge in [0.2, 0.25) is 0 Å². The minimum absolute atomic E-state index is 0.161. The van der Waals surface area contributed by atoms with Gasteiger partial charge in [0.1, 0.15) is 24.7 Å². The van der Waals surface area contributed by atoms with Gasteiger partial charge in [-0.05, 0) is 47.2 Å². The molecule has 2 atom stereocenters. The predicted octanol–water partition coefficient (Wildman–Crippen LogP) is 4.89. The van der Waals surface area contributed by atoms with Crippen LogP contribution in [0.15, 0.2) is 96.5 Å². The lowest BCUT2D eigenvalue weighted by atomic mass is 9.61. The Labute approximate surface area is 213 Å². The van der Waals surface area contributed by atoms with Crippen molar-refractivity contribution in [2.24, 2.45) is 0 Å². The minimum Gasteiger partial charge on any atom is -0.491 e. The van der Waals surface area contributed by atoms with Gasteiger partial charge in [0.05, 0.1) is 25.4 Å². The van der Waals surface area contributed by atoms with Crippen LogP contribution in [-0.4, -0.2) is 52.9 Å². The van der Waals surface area contributed by atoms with Crippen molar-refractivity contribution in [3.63, 3.8) is 0 Å². The van der Waals surface area contributed by atoms with Gasteiger partial charge in [0.25, 0.3) is 0 Å². The summed E-state index contributed by atoms with van der Waals surface area (Å²) in [5.41, 5.74) is 2.99. The standard InChI is InChI=1S/C28H30B2O6/c1-2-27(29-33-20-25(35-29)18-31-23-14-8-4-9-15-23)28(22-12-6-3-7-13-22)30-34-21-26(36-30)19-32-24-16-10-5-11-17-24/h3-17,25-26H,2,18-21H2,1H3/b28-27-. The summed E-state index contributed by atoms with van der Waals surface area (Å²) in [5, 5.41) is 0. The number of hydrogen-bond acceptors (Lipinski definition) is 6. The SMILES string of the molecule is CC/C(B1OCC(COc2ccccc2)O1)=C(/B1OCC(COc2ccccc2)O1)c1ccccc1. The summed E-state index contributed by atoms with van der Waals surface area (Å²) in [6.45, 7) is 3.85. The van der Waals surface area contributed by atoms with Gasteiger partial charge in [-0.2, -0.15) is 0 Å². The van der Waals surface area contributed by atoms with E-state index in [1.54, 1.807) is 0 Å². The summed E-state index contributed by atoms with van der Waals surface area (Å²) in [6.07, 6.45) is 0.394. The zero-order valence-electron chi connectivity index (χ0n) is 20.5. The van der Waals surface area contributed by atoms with Crippen LogP contribution in [0.5, 0.6) is 11.5 Å². The van der Waals surface area contributed by atoms with Crippen molar-refractivity contribution < 1.29 is 28.1 Å². The molecule has 0 bridgehead atoms. The first-order valence-electron chi connectivity index (χ1n) is 12.5. The number of ether oxygens (including phenoxy) is 2. The van der Waals surface area contributed by atoms with Crippen molar-refractivity contribution in [1.82, 2.24) is 0 Å². The summed E-state index contributed by atoms with van der Waals surface area (Å²) < 4.78 is 36.7. The summed E-state index contributed by atoms with van der Waals surface area (Å²) in [6, 6.07) is 29.6. The maximum absolute atomic E-state index is 6.33. The van der Waals surface area contributed by atoms with Gasteiger partial charge in [0, 0.05) is 0 Å². The maximum atomic E-state index is 6.33. The number of allylic oxidation sites excluding steroid dienone is 1. The predicted molar refractivity (Wildman–Crippen MR) is 141 cm³/mol. The average molecular weight is 484 g/mol. The molecule has 0 aromatic heterocycles. The van der Waals surface area contributed by atoms with E-state index in [0.717, 1.165) is 34.4 Å². The van der Waals surface area contributed by atoms with Gasteiger partial charge in [-0.1, -0.05) is 73.7 Å². The first-order valence-corrected chi connectivity index (χ1v) is 12.5. The molecule has 2 saturated heterocycles. The Balaban J connectivity index is 1.29. The lowest BCUT2D eigenvalue weighted by molar-refractivity contribution is 0.147. The van der Waals surface area contributed by atoms with Crippen LogP contribution in [0.1, 0.15) is 18.9 Å². The molecule has 3 aromatic carbocycles. The van der Waals surface area contributed by atoms with Gasteiger partial charge in [-0.25, -0.2) is 0 Å². The highest BCUT2D eigenvalue weighted by atomic mass is 16.7. The van der Waals surface area contributed by atoms with E-state index in [2.05, 4.69) is 19.1 Å². The van der Waals surface area contributed by atoms with E-state index in [0.29, 0.717) is 26.4 Å². The highest BCUT2D eigenvalue weighted by Gasteiger charge is 2.42. The van der Waals surface area contributed by atoms with E-state index < -0.39 is 14.2 Å². The molecule has 0 spiro atoms. The summed E-state index contributed by atoms with van der Waals surface area (Å²) in [7, 11) is -1.01. The second kappa shape index (κ2) is 12.3. The van der Waals surface area contributed by atoms with Crippen molar-refractivity contribution in [3.05, 3.63) is 102 Å². The minimum atomic E-state index is -0.529. The molecule has 2 aliphatic rings. The van der Waals surface area contributed by atoms with Crippen molar-refractivity contribution >= 4 is 19.7 Å². The van der Waals surface area contributed by atoms with E-state index in [9.17, 15) is 0 Å². The topological polar surface area (TPSA) is 55.4 Å². The fraction of sp³-hybridized carbons (Fsp3) is 0.286. The quantitative estimate of drug-likeness (QED) is 0.382. The van der Waals surface area contributed by atoms with Crippen LogP contribution >= 0.6 is 0 Å². The monoisotopic (exact) mass is 484 g/mol. The van der Waals surface area contributed by atoms with Crippen LogP contribution < -0.4 is 9.47 Å². The zero-order chi connectivity index (χ0) is 24.6. The zero-order valence-corrected chi connectivity index (χ0v) is 20.5. The average Bonchev–Trinajstić information content (AvgIpc) is 3.61. The second-order valence-corrected chi connectivity index (χ2v) is 8.75. The first kappa shape index (κ1) is 24.7. The molecule has 0 saturated carbocycles. The molecule has 0 amide bonds.